The molecule has 0 saturated carbocycles. The molecule has 112 valence electrons. The standard InChI is InChI=1S/C15H23BrN2O2/c1-4-9-17-11(3)12(5-2)10-13-7-6-8-14(15(13)16)18(19)20/h6-8,11-12,17H,4-5,9-10H2,1-3H3. The first-order chi connectivity index (χ1) is 9.51. The van der Waals surface area contributed by atoms with Crippen LogP contribution in [0.1, 0.15) is 39.2 Å². The zero-order chi connectivity index (χ0) is 15.1. The van der Waals surface area contributed by atoms with Gasteiger partial charge in [0.25, 0.3) is 5.69 Å². The van der Waals surface area contributed by atoms with E-state index in [1.807, 2.05) is 6.07 Å². The van der Waals surface area contributed by atoms with Crippen LogP contribution in [0, 0.1) is 16.0 Å². The lowest BCUT2D eigenvalue weighted by molar-refractivity contribution is -0.385. The average Bonchev–Trinajstić information content (AvgIpc) is 2.43. The Kier molecular flexibility index (Phi) is 7.16. The molecule has 0 aliphatic heterocycles. The van der Waals surface area contributed by atoms with Gasteiger partial charge in [-0.05, 0) is 53.7 Å². The Balaban J connectivity index is 2.85. The van der Waals surface area contributed by atoms with Gasteiger partial charge in [0.2, 0.25) is 0 Å². The van der Waals surface area contributed by atoms with Crippen LogP contribution >= 0.6 is 15.9 Å². The van der Waals surface area contributed by atoms with E-state index < -0.39 is 0 Å². The van der Waals surface area contributed by atoms with Crippen LogP contribution in [0.5, 0.6) is 0 Å². The third-order valence-corrected chi connectivity index (χ3v) is 4.60. The quantitative estimate of drug-likeness (QED) is 0.565. The van der Waals surface area contributed by atoms with Gasteiger partial charge in [0.05, 0.1) is 9.40 Å². The Morgan fingerprint density at radius 2 is 2.10 bits per heavy atom. The van der Waals surface area contributed by atoms with Crippen molar-refractivity contribution in [2.24, 2.45) is 5.92 Å². The highest BCUT2D eigenvalue weighted by Gasteiger charge is 2.20. The number of hydrogen-bond acceptors (Lipinski definition) is 3. The van der Waals surface area contributed by atoms with Gasteiger partial charge in [-0.3, -0.25) is 10.1 Å². The molecule has 0 spiro atoms. The molecule has 4 nitrogen and oxygen atoms in total. The molecule has 0 saturated heterocycles. The summed E-state index contributed by atoms with van der Waals surface area (Å²) in [5, 5.41) is 14.5. The maximum Gasteiger partial charge on any atom is 0.283 e. The highest BCUT2D eigenvalue weighted by Crippen LogP contribution is 2.30. The number of nitro benzene ring substituents is 1. The fraction of sp³-hybridized carbons (Fsp3) is 0.600. The van der Waals surface area contributed by atoms with Crippen LogP contribution in [-0.2, 0) is 6.42 Å². The summed E-state index contributed by atoms with van der Waals surface area (Å²) >= 11 is 3.38. The summed E-state index contributed by atoms with van der Waals surface area (Å²) < 4.78 is 0.617. The van der Waals surface area contributed by atoms with E-state index in [9.17, 15) is 10.1 Å². The zero-order valence-corrected chi connectivity index (χ0v) is 13.9. The van der Waals surface area contributed by atoms with Crippen molar-refractivity contribution < 1.29 is 4.92 Å². The van der Waals surface area contributed by atoms with Gasteiger partial charge in [-0.1, -0.05) is 32.4 Å². The lowest BCUT2D eigenvalue weighted by Gasteiger charge is -2.24. The molecule has 5 heteroatoms. The first kappa shape index (κ1) is 17.1. The maximum atomic E-state index is 11.0. The molecule has 1 aromatic carbocycles. The number of hydrogen-bond donors (Lipinski definition) is 1. The number of halogens is 1. The van der Waals surface area contributed by atoms with Gasteiger partial charge in [0, 0.05) is 12.1 Å². The third kappa shape index (κ3) is 4.56. The largest absolute Gasteiger partial charge is 0.314 e. The molecule has 0 radical (unpaired) electrons. The Hall–Kier alpha value is -0.940. The van der Waals surface area contributed by atoms with Crippen LogP contribution in [0.25, 0.3) is 0 Å². The molecular formula is C15H23BrN2O2. The molecule has 1 N–H and O–H groups in total. The average molecular weight is 343 g/mol. The second-order valence-electron chi connectivity index (χ2n) is 5.12. The van der Waals surface area contributed by atoms with Gasteiger partial charge in [-0.25, -0.2) is 0 Å². The number of rotatable bonds is 8. The SMILES string of the molecule is CCCNC(C)C(CC)Cc1cccc([N+](=O)[O-])c1Br. The summed E-state index contributed by atoms with van der Waals surface area (Å²) in [5.41, 5.74) is 1.16. The van der Waals surface area contributed by atoms with Gasteiger partial charge in [-0.2, -0.15) is 0 Å². The molecule has 2 unspecified atom stereocenters. The van der Waals surface area contributed by atoms with E-state index in [0.29, 0.717) is 16.4 Å². The summed E-state index contributed by atoms with van der Waals surface area (Å²) in [4.78, 5) is 10.6. The number of benzene rings is 1. The Morgan fingerprint density at radius 1 is 1.40 bits per heavy atom. The molecular weight excluding hydrogens is 320 g/mol. The second-order valence-corrected chi connectivity index (χ2v) is 5.92. The first-order valence-electron chi connectivity index (χ1n) is 7.16. The van der Waals surface area contributed by atoms with Crippen LogP contribution < -0.4 is 5.32 Å². The van der Waals surface area contributed by atoms with Gasteiger partial charge < -0.3 is 5.32 Å². The van der Waals surface area contributed by atoms with Crippen LogP contribution in [0.2, 0.25) is 0 Å². The lowest BCUT2D eigenvalue weighted by atomic mass is 9.90. The van der Waals surface area contributed by atoms with E-state index in [2.05, 4.69) is 42.0 Å². The van der Waals surface area contributed by atoms with E-state index in [4.69, 9.17) is 0 Å². The number of nitrogens with zero attached hydrogens (tertiary/aromatic N) is 1. The minimum absolute atomic E-state index is 0.145. The van der Waals surface area contributed by atoms with Gasteiger partial charge in [0.1, 0.15) is 0 Å². The monoisotopic (exact) mass is 342 g/mol. The van der Waals surface area contributed by atoms with Gasteiger partial charge in [-0.15, -0.1) is 0 Å². The summed E-state index contributed by atoms with van der Waals surface area (Å²) in [5.74, 6) is 0.472. The van der Waals surface area contributed by atoms with E-state index >= 15 is 0 Å². The normalized spacial score (nSPS) is 14.0. The van der Waals surface area contributed by atoms with Crippen molar-refractivity contribution in [1.82, 2.24) is 5.32 Å². The predicted octanol–water partition coefficient (Wildman–Crippen LogP) is 4.31. The van der Waals surface area contributed by atoms with Gasteiger partial charge >= 0.3 is 0 Å². The molecule has 1 aromatic rings. The third-order valence-electron chi connectivity index (χ3n) is 3.68. The highest BCUT2D eigenvalue weighted by atomic mass is 79.9. The fourth-order valence-corrected chi connectivity index (χ4v) is 2.93. The molecule has 0 heterocycles. The summed E-state index contributed by atoms with van der Waals surface area (Å²) in [6.07, 6.45) is 3.00. The van der Waals surface area contributed by atoms with Crippen LogP contribution in [-0.4, -0.2) is 17.5 Å². The Morgan fingerprint density at radius 3 is 2.65 bits per heavy atom. The minimum Gasteiger partial charge on any atom is -0.314 e. The number of nitro groups is 1. The molecule has 0 aliphatic carbocycles. The smallest absolute Gasteiger partial charge is 0.283 e. The summed E-state index contributed by atoms with van der Waals surface area (Å²) in [7, 11) is 0. The highest BCUT2D eigenvalue weighted by molar-refractivity contribution is 9.10. The van der Waals surface area contributed by atoms with Crippen LogP contribution in [0.4, 0.5) is 5.69 Å². The van der Waals surface area contributed by atoms with Crippen molar-refractivity contribution in [3.63, 3.8) is 0 Å². The van der Waals surface area contributed by atoms with Crippen LogP contribution in [0.15, 0.2) is 22.7 Å². The molecule has 0 aromatic heterocycles. The molecule has 2 atom stereocenters. The zero-order valence-electron chi connectivity index (χ0n) is 12.4. The molecule has 20 heavy (non-hydrogen) atoms. The number of nitrogens with one attached hydrogen (secondary N) is 1. The topological polar surface area (TPSA) is 55.2 Å². The second kappa shape index (κ2) is 8.37. The fourth-order valence-electron chi connectivity index (χ4n) is 2.36. The van der Waals surface area contributed by atoms with E-state index in [-0.39, 0.29) is 10.6 Å². The Bertz CT molecular complexity index is 451. The summed E-state index contributed by atoms with van der Waals surface area (Å²) in [6.45, 7) is 7.51. The van der Waals surface area contributed by atoms with Crippen LogP contribution in [0.3, 0.4) is 0 Å². The molecule has 0 bridgehead atoms. The first-order valence-corrected chi connectivity index (χ1v) is 7.95. The van der Waals surface area contributed by atoms with E-state index in [0.717, 1.165) is 31.4 Å². The minimum atomic E-state index is -0.340. The summed E-state index contributed by atoms with van der Waals surface area (Å²) in [6, 6.07) is 5.67. The predicted molar refractivity (Wildman–Crippen MR) is 86.0 cm³/mol. The van der Waals surface area contributed by atoms with Crippen molar-refractivity contribution >= 4 is 21.6 Å². The van der Waals surface area contributed by atoms with Gasteiger partial charge in [0.15, 0.2) is 0 Å². The maximum absolute atomic E-state index is 11.0. The van der Waals surface area contributed by atoms with Crippen molar-refractivity contribution in [3.05, 3.63) is 38.3 Å². The molecule has 0 fully saturated rings. The van der Waals surface area contributed by atoms with E-state index in [1.165, 1.54) is 6.07 Å². The van der Waals surface area contributed by atoms with Crippen molar-refractivity contribution in [2.75, 3.05) is 6.54 Å². The molecule has 0 aliphatic rings. The van der Waals surface area contributed by atoms with Crippen molar-refractivity contribution in [3.8, 4) is 0 Å². The lowest BCUT2D eigenvalue weighted by Crippen LogP contribution is -2.34. The van der Waals surface area contributed by atoms with Crippen molar-refractivity contribution in [1.29, 1.82) is 0 Å². The van der Waals surface area contributed by atoms with Crippen molar-refractivity contribution in [2.45, 2.75) is 46.1 Å². The van der Waals surface area contributed by atoms with E-state index in [1.54, 1.807) is 6.07 Å². The molecule has 1 rings (SSSR count). The molecule has 0 amide bonds. The Labute approximate surface area is 129 Å².